The number of benzene rings is 1. The van der Waals surface area contributed by atoms with Gasteiger partial charge in [0.1, 0.15) is 0 Å². The summed E-state index contributed by atoms with van der Waals surface area (Å²) in [7, 11) is -1.86. The predicted molar refractivity (Wildman–Crippen MR) is 111 cm³/mol. The van der Waals surface area contributed by atoms with Gasteiger partial charge in [-0.15, -0.1) is 0 Å². The van der Waals surface area contributed by atoms with Crippen LogP contribution in [0.15, 0.2) is 46.7 Å². The minimum absolute atomic E-state index is 0.0140. The van der Waals surface area contributed by atoms with Gasteiger partial charge in [0.25, 0.3) is 5.91 Å². The van der Waals surface area contributed by atoms with E-state index in [2.05, 4.69) is 20.4 Å². The van der Waals surface area contributed by atoms with Crippen molar-refractivity contribution in [3.63, 3.8) is 0 Å². The molecule has 1 amide bonds. The van der Waals surface area contributed by atoms with Crippen LogP contribution in [0.25, 0.3) is 0 Å². The summed E-state index contributed by atoms with van der Waals surface area (Å²) in [4.78, 5) is 26.7. The average Bonchev–Trinajstić information content (AvgIpc) is 3.52. The molecule has 1 saturated carbocycles. The van der Waals surface area contributed by atoms with Crippen LogP contribution in [0.3, 0.4) is 0 Å². The van der Waals surface area contributed by atoms with Gasteiger partial charge in [0.15, 0.2) is 27.5 Å². The van der Waals surface area contributed by atoms with Crippen LogP contribution in [-0.2, 0) is 24.2 Å². The highest BCUT2D eigenvalue weighted by Crippen LogP contribution is 2.33. The monoisotopic (exact) mass is 446 g/mol. The fourth-order valence-corrected chi connectivity index (χ4v) is 4.64. The second-order valence-corrected chi connectivity index (χ2v) is 9.43. The van der Waals surface area contributed by atoms with Gasteiger partial charge in [-0.3, -0.25) is 4.79 Å². The van der Waals surface area contributed by atoms with Crippen molar-refractivity contribution in [2.24, 2.45) is 5.16 Å². The Kier molecular flexibility index (Phi) is 6.14. The number of carbonyl (C=O) groups is 1. The number of sulfone groups is 1. The van der Waals surface area contributed by atoms with Crippen LogP contribution in [0.2, 0.25) is 0 Å². The Morgan fingerprint density at radius 2 is 1.94 bits per heavy atom. The third kappa shape index (κ3) is 5.00. The maximum absolute atomic E-state index is 12.9. The van der Waals surface area contributed by atoms with Gasteiger partial charge in [0.05, 0.1) is 42.9 Å². The van der Waals surface area contributed by atoms with Gasteiger partial charge in [-0.1, -0.05) is 17.3 Å². The summed E-state index contributed by atoms with van der Waals surface area (Å²) in [6.07, 6.45) is 4.50. The van der Waals surface area contributed by atoms with Crippen LogP contribution < -0.4 is 10.1 Å². The summed E-state index contributed by atoms with van der Waals surface area (Å²) in [5.74, 6) is -0.0595. The van der Waals surface area contributed by atoms with Crippen molar-refractivity contribution in [1.82, 2.24) is 9.97 Å². The number of carbonyl (C=O) groups excluding carboxylic acids is 1. The number of nitrogens with one attached hydrogen (secondary N) is 1. The van der Waals surface area contributed by atoms with Crippen molar-refractivity contribution in [3.8, 4) is 5.88 Å². The first-order valence-corrected chi connectivity index (χ1v) is 11.4. The highest BCUT2D eigenvalue weighted by Gasteiger charge is 2.36. The number of amides is 1. The van der Waals surface area contributed by atoms with Crippen molar-refractivity contribution < 1.29 is 27.5 Å². The van der Waals surface area contributed by atoms with E-state index in [0.717, 1.165) is 0 Å². The molecular weight excluding hydrogens is 424 g/mol. The standard InChI is InChI=1S/C20H22N4O6S/c1-28-18-11-21-17(10-22-18)23-20(25)19(24-30-14-8-9-29-12-14)13-2-4-15(5-3-13)31(26,27)16-6-7-16/h2-5,10-11,14,16H,6-9,12H2,1H3,(H,21,23,25)/t14-/m1/s1. The fraction of sp³-hybridized carbons (Fsp3) is 0.400. The molecule has 1 aliphatic carbocycles. The topological polar surface area (TPSA) is 129 Å². The van der Waals surface area contributed by atoms with Crippen molar-refractivity contribution in [1.29, 1.82) is 0 Å². The smallest absolute Gasteiger partial charge is 0.279 e. The molecule has 10 nitrogen and oxygen atoms in total. The third-order valence-corrected chi connectivity index (χ3v) is 7.17. The molecule has 164 valence electrons. The number of methoxy groups -OCH3 is 1. The fourth-order valence-electron chi connectivity index (χ4n) is 2.98. The normalized spacial score (nSPS) is 19.1. The number of anilines is 1. The van der Waals surface area contributed by atoms with E-state index in [9.17, 15) is 13.2 Å². The molecule has 0 bridgehead atoms. The van der Waals surface area contributed by atoms with Gasteiger partial charge < -0.3 is 19.6 Å². The van der Waals surface area contributed by atoms with Crippen LogP contribution in [0.5, 0.6) is 5.88 Å². The lowest BCUT2D eigenvalue weighted by Crippen LogP contribution is -2.26. The van der Waals surface area contributed by atoms with E-state index in [1.807, 2.05) is 0 Å². The molecule has 0 radical (unpaired) electrons. The molecule has 1 aromatic heterocycles. The molecule has 11 heteroatoms. The van der Waals surface area contributed by atoms with E-state index in [1.165, 1.54) is 31.6 Å². The second kappa shape index (κ2) is 8.98. The predicted octanol–water partition coefficient (Wildman–Crippen LogP) is 1.57. The molecule has 2 fully saturated rings. The second-order valence-electron chi connectivity index (χ2n) is 7.20. The molecule has 1 N–H and O–H groups in total. The van der Waals surface area contributed by atoms with Crippen molar-refractivity contribution in [2.45, 2.75) is 35.5 Å². The summed E-state index contributed by atoms with van der Waals surface area (Å²) in [5.41, 5.74) is 0.396. The first-order valence-electron chi connectivity index (χ1n) is 9.80. The number of oxime groups is 1. The van der Waals surface area contributed by atoms with Gasteiger partial charge in [-0.25, -0.2) is 18.4 Å². The van der Waals surface area contributed by atoms with E-state index >= 15 is 0 Å². The van der Waals surface area contributed by atoms with Gasteiger partial charge in [0, 0.05) is 12.0 Å². The summed E-state index contributed by atoms with van der Waals surface area (Å²) < 4.78 is 35.1. The van der Waals surface area contributed by atoms with E-state index in [1.54, 1.807) is 12.1 Å². The van der Waals surface area contributed by atoms with Crippen molar-refractivity contribution in [2.75, 3.05) is 25.6 Å². The van der Waals surface area contributed by atoms with Gasteiger partial charge in [-0.05, 0) is 25.0 Å². The minimum atomic E-state index is -3.33. The number of hydrogen-bond donors (Lipinski definition) is 1. The van der Waals surface area contributed by atoms with E-state index in [0.29, 0.717) is 43.9 Å². The molecule has 0 unspecified atom stereocenters. The molecule has 0 spiro atoms. The highest BCUT2D eigenvalue weighted by molar-refractivity contribution is 7.92. The van der Waals surface area contributed by atoms with Crippen LogP contribution >= 0.6 is 0 Å². The summed E-state index contributed by atoms with van der Waals surface area (Å²) in [6, 6.07) is 6.05. The van der Waals surface area contributed by atoms with Gasteiger partial charge >= 0.3 is 0 Å². The maximum Gasteiger partial charge on any atom is 0.279 e. The minimum Gasteiger partial charge on any atom is -0.480 e. The Morgan fingerprint density at radius 1 is 1.16 bits per heavy atom. The molecule has 1 aliphatic heterocycles. The lowest BCUT2D eigenvalue weighted by atomic mass is 10.1. The Bertz CT molecular complexity index is 1060. The zero-order chi connectivity index (χ0) is 21.8. The van der Waals surface area contributed by atoms with Crippen LogP contribution in [0.1, 0.15) is 24.8 Å². The van der Waals surface area contributed by atoms with Crippen LogP contribution in [0, 0.1) is 0 Å². The number of nitrogens with zero attached hydrogens (tertiary/aromatic N) is 3. The van der Waals surface area contributed by atoms with E-state index in [4.69, 9.17) is 14.3 Å². The number of aromatic nitrogens is 2. The van der Waals surface area contributed by atoms with Gasteiger partial charge in [0.2, 0.25) is 5.88 Å². The Morgan fingerprint density at radius 3 is 2.52 bits per heavy atom. The number of rotatable bonds is 8. The SMILES string of the molecule is COc1cnc(NC(=O)C(=NO[C@@H]2CCOC2)c2ccc(S(=O)(=O)C3CC3)cc2)cn1. The molecule has 4 rings (SSSR count). The first kappa shape index (κ1) is 21.2. The maximum atomic E-state index is 12.9. The quantitative estimate of drug-likeness (QED) is 0.478. The number of hydrogen-bond acceptors (Lipinski definition) is 9. The summed E-state index contributed by atoms with van der Waals surface area (Å²) in [5, 5.41) is 6.35. The third-order valence-electron chi connectivity index (χ3n) is 4.89. The Hall–Kier alpha value is -3.05. The lowest BCUT2D eigenvalue weighted by molar-refractivity contribution is -0.110. The summed E-state index contributed by atoms with van der Waals surface area (Å²) >= 11 is 0. The number of ether oxygens (including phenoxy) is 2. The summed E-state index contributed by atoms with van der Waals surface area (Å²) in [6.45, 7) is 0.956. The van der Waals surface area contributed by atoms with Crippen molar-refractivity contribution >= 4 is 27.3 Å². The first-order chi connectivity index (χ1) is 15.0. The lowest BCUT2D eigenvalue weighted by Gasteiger charge is -2.11. The van der Waals surface area contributed by atoms with Crippen LogP contribution in [-0.4, -0.2) is 61.7 Å². The molecule has 1 aromatic carbocycles. The highest BCUT2D eigenvalue weighted by atomic mass is 32.2. The van der Waals surface area contributed by atoms with E-state index in [-0.39, 0.29) is 27.8 Å². The van der Waals surface area contributed by atoms with Crippen molar-refractivity contribution in [3.05, 3.63) is 42.2 Å². The zero-order valence-electron chi connectivity index (χ0n) is 16.9. The van der Waals surface area contributed by atoms with Gasteiger partial charge in [-0.2, -0.15) is 0 Å². The molecule has 2 aromatic rings. The molecule has 1 atom stereocenters. The molecule has 2 aliphatic rings. The van der Waals surface area contributed by atoms with E-state index < -0.39 is 15.7 Å². The van der Waals surface area contributed by atoms with Crippen LogP contribution in [0.4, 0.5) is 5.82 Å². The Labute approximate surface area is 179 Å². The molecule has 1 saturated heterocycles. The average molecular weight is 446 g/mol. The molecule has 31 heavy (non-hydrogen) atoms. The molecular formula is C20H22N4O6S. The zero-order valence-corrected chi connectivity index (χ0v) is 17.7. The Balaban J connectivity index is 1.57. The largest absolute Gasteiger partial charge is 0.480 e. The molecule has 2 heterocycles.